The van der Waals surface area contributed by atoms with Crippen LogP contribution in [0.1, 0.15) is 12.5 Å². The molecular formula is C13H17NO4. The lowest BCUT2D eigenvalue weighted by Crippen LogP contribution is -2.41. The monoisotopic (exact) mass is 251 g/mol. The molecule has 5 nitrogen and oxygen atoms in total. The van der Waals surface area contributed by atoms with Crippen molar-refractivity contribution in [3.05, 3.63) is 29.8 Å². The molecule has 18 heavy (non-hydrogen) atoms. The highest BCUT2D eigenvalue weighted by Gasteiger charge is 2.15. The van der Waals surface area contributed by atoms with E-state index in [1.807, 2.05) is 19.1 Å². The van der Waals surface area contributed by atoms with Crippen molar-refractivity contribution in [1.29, 1.82) is 0 Å². The highest BCUT2D eigenvalue weighted by molar-refractivity contribution is 5.84. The molecule has 0 bridgehead atoms. The number of hydrogen-bond donors (Lipinski definition) is 1. The lowest BCUT2D eigenvalue weighted by molar-refractivity contribution is -0.144. The first-order valence-corrected chi connectivity index (χ1v) is 5.59. The van der Waals surface area contributed by atoms with Crippen LogP contribution in [0.25, 0.3) is 0 Å². The number of nitrogens with one attached hydrogen (secondary N) is 1. The Morgan fingerprint density at radius 2 is 1.89 bits per heavy atom. The maximum Gasteiger partial charge on any atom is 0.328 e. The molecule has 0 spiro atoms. The van der Waals surface area contributed by atoms with Crippen LogP contribution >= 0.6 is 0 Å². The smallest absolute Gasteiger partial charge is 0.328 e. The first kappa shape index (κ1) is 14.0. The van der Waals surface area contributed by atoms with Crippen molar-refractivity contribution in [1.82, 2.24) is 5.32 Å². The van der Waals surface area contributed by atoms with Crippen LogP contribution in [0.4, 0.5) is 0 Å². The summed E-state index contributed by atoms with van der Waals surface area (Å²) in [6.45, 7) is 3.38. The zero-order valence-corrected chi connectivity index (χ0v) is 10.7. The molecule has 0 aromatic heterocycles. The number of benzene rings is 1. The van der Waals surface area contributed by atoms with Gasteiger partial charge in [-0.05, 0) is 26.0 Å². The second-order valence-electron chi connectivity index (χ2n) is 3.91. The minimum atomic E-state index is -0.677. The Kier molecular flexibility index (Phi) is 5.17. The zero-order chi connectivity index (χ0) is 13.5. The third-order valence-corrected chi connectivity index (χ3v) is 2.32. The molecule has 0 aliphatic carbocycles. The van der Waals surface area contributed by atoms with Gasteiger partial charge in [-0.15, -0.1) is 0 Å². The molecule has 1 atom stereocenters. The van der Waals surface area contributed by atoms with Gasteiger partial charge in [0.15, 0.2) is 6.61 Å². The van der Waals surface area contributed by atoms with Crippen LogP contribution < -0.4 is 10.1 Å². The van der Waals surface area contributed by atoms with E-state index in [1.165, 1.54) is 7.11 Å². The highest BCUT2D eigenvalue weighted by Crippen LogP contribution is 2.10. The Hall–Kier alpha value is -2.04. The summed E-state index contributed by atoms with van der Waals surface area (Å²) in [7, 11) is 1.27. The summed E-state index contributed by atoms with van der Waals surface area (Å²) in [5.41, 5.74) is 1.12. The molecule has 0 saturated carbocycles. The van der Waals surface area contributed by atoms with Crippen molar-refractivity contribution >= 4 is 11.9 Å². The van der Waals surface area contributed by atoms with Gasteiger partial charge in [0.2, 0.25) is 0 Å². The van der Waals surface area contributed by atoms with Gasteiger partial charge < -0.3 is 14.8 Å². The molecule has 1 unspecified atom stereocenters. The van der Waals surface area contributed by atoms with Crippen LogP contribution in [0.3, 0.4) is 0 Å². The van der Waals surface area contributed by atoms with Gasteiger partial charge in [0, 0.05) is 0 Å². The third-order valence-electron chi connectivity index (χ3n) is 2.32. The van der Waals surface area contributed by atoms with Crippen LogP contribution in [-0.2, 0) is 14.3 Å². The van der Waals surface area contributed by atoms with Crippen LogP contribution in [0.2, 0.25) is 0 Å². The van der Waals surface area contributed by atoms with Gasteiger partial charge in [-0.25, -0.2) is 4.79 Å². The summed E-state index contributed by atoms with van der Waals surface area (Å²) >= 11 is 0. The SMILES string of the molecule is COC(=O)C(C)NC(=O)COc1ccc(C)cc1. The van der Waals surface area contributed by atoms with E-state index in [2.05, 4.69) is 10.1 Å². The number of aryl methyl sites for hydroxylation is 1. The summed E-state index contributed by atoms with van der Waals surface area (Å²) < 4.78 is 9.77. The zero-order valence-electron chi connectivity index (χ0n) is 10.7. The molecule has 1 rings (SSSR count). The molecule has 0 aliphatic rings. The normalized spacial score (nSPS) is 11.5. The Bertz CT molecular complexity index is 414. The van der Waals surface area contributed by atoms with Crippen molar-refractivity contribution in [2.45, 2.75) is 19.9 Å². The quantitative estimate of drug-likeness (QED) is 0.794. The van der Waals surface area contributed by atoms with E-state index < -0.39 is 12.0 Å². The number of ether oxygens (including phenoxy) is 2. The molecule has 5 heteroatoms. The van der Waals surface area contributed by atoms with Crippen molar-refractivity contribution in [3.63, 3.8) is 0 Å². The number of carbonyl (C=O) groups is 2. The lowest BCUT2D eigenvalue weighted by Gasteiger charge is -2.12. The fourth-order valence-corrected chi connectivity index (χ4v) is 1.30. The van der Waals surface area contributed by atoms with E-state index in [-0.39, 0.29) is 12.5 Å². The van der Waals surface area contributed by atoms with Crippen LogP contribution in [0.5, 0.6) is 5.75 Å². The summed E-state index contributed by atoms with van der Waals surface area (Å²) in [6.07, 6.45) is 0. The van der Waals surface area contributed by atoms with Crippen LogP contribution in [0, 0.1) is 6.92 Å². The number of hydrogen-bond acceptors (Lipinski definition) is 4. The molecular weight excluding hydrogens is 234 g/mol. The van der Waals surface area contributed by atoms with E-state index in [9.17, 15) is 9.59 Å². The maximum absolute atomic E-state index is 11.5. The fourth-order valence-electron chi connectivity index (χ4n) is 1.30. The van der Waals surface area contributed by atoms with Gasteiger partial charge in [0.05, 0.1) is 7.11 Å². The average molecular weight is 251 g/mol. The van der Waals surface area contributed by atoms with Crippen molar-refractivity contribution in [3.8, 4) is 5.75 Å². The van der Waals surface area contributed by atoms with Gasteiger partial charge in [0.1, 0.15) is 11.8 Å². The number of methoxy groups -OCH3 is 1. The molecule has 1 aromatic carbocycles. The Morgan fingerprint density at radius 3 is 2.44 bits per heavy atom. The minimum Gasteiger partial charge on any atom is -0.484 e. The predicted molar refractivity (Wildman–Crippen MR) is 66.3 cm³/mol. The van der Waals surface area contributed by atoms with Gasteiger partial charge in [-0.1, -0.05) is 17.7 Å². The Labute approximate surface area is 106 Å². The highest BCUT2D eigenvalue weighted by atomic mass is 16.5. The molecule has 98 valence electrons. The van der Waals surface area contributed by atoms with Gasteiger partial charge in [-0.2, -0.15) is 0 Å². The van der Waals surface area contributed by atoms with E-state index in [1.54, 1.807) is 19.1 Å². The third kappa shape index (κ3) is 4.45. The van der Waals surface area contributed by atoms with Crippen molar-refractivity contribution < 1.29 is 19.1 Å². The number of rotatable bonds is 5. The standard InChI is InChI=1S/C13H17NO4/c1-9-4-6-11(7-5-9)18-8-12(15)14-10(2)13(16)17-3/h4-7,10H,8H2,1-3H3,(H,14,15). The lowest BCUT2D eigenvalue weighted by atomic mass is 10.2. The number of amides is 1. The number of esters is 1. The second-order valence-corrected chi connectivity index (χ2v) is 3.91. The predicted octanol–water partition coefficient (Wildman–Crippen LogP) is 1.05. The van der Waals surface area contributed by atoms with Gasteiger partial charge in [-0.3, -0.25) is 4.79 Å². The summed E-state index contributed by atoms with van der Waals surface area (Å²) in [5.74, 6) is -0.242. The molecule has 0 saturated heterocycles. The van der Waals surface area contributed by atoms with E-state index in [4.69, 9.17) is 4.74 Å². The summed E-state index contributed by atoms with van der Waals surface area (Å²) in [5, 5.41) is 2.47. The van der Waals surface area contributed by atoms with Crippen molar-refractivity contribution in [2.75, 3.05) is 13.7 Å². The van der Waals surface area contributed by atoms with Crippen LogP contribution in [0.15, 0.2) is 24.3 Å². The molecule has 0 fully saturated rings. The minimum absolute atomic E-state index is 0.135. The molecule has 1 aromatic rings. The molecule has 1 N–H and O–H groups in total. The Balaban J connectivity index is 2.37. The van der Waals surface area contributed by atoms with E-state index in [0.29, 0.717) is 5.75 Å². The van der Waals surface area contributed by atoms with E-state index >= 15 is 0 Å². The van der Waals surface area contributed by atoms with Gasteiger partial charge in [0.25, 0.3) is 5.91 Å². The number of carbonyl (C=O) groups excluding carboxylic acids is 2. The molecule has 0 aliphatic heterocycles. The molecule has 1 amide bonds. The van der Waals surface area contributed by atoms with Crippen LogP contribution in [-0.4, -0.2) is 31.6 Å². The van der Waals surface area contributed by atoms with Gasteiger partial charge >= 0.3 is 5.97 Å². The first-order chi connectivity index (χ1) is 8.52. The first-order valence-electron chi connectivity index (χ1n) is 5.59. The topological polar surface area (TPSA) is 64.6 Å². The summed E-state index contributed by atoms with van der Waals surface area (Å²) in [6, 6.07) is 6.68. The second kappa shape index (κ2) is 6.64. The largest absolute Gasteiger partial charge is 0.484 e. The van der Waals surface area contributed by atoms with Crippen molar-refractivity contribution in [2.24, 2.45) is 0 Å². The Morgan fingerprint density at radius 1 is 1.28 bits per heavy atom. The summed E-state index contributed by atoms with van der Waals surface area (Å²) in [4.78, 5) is 22.6. The maximum atomic E-state index is 11.5. The fraction of sp³-hybridized carbons (Fsp3) is 0.385. The average Bonchev–Trinajstić information content (AvgIpc) is 2.37. The molecule has 0 radical (unpaired) electrons. The molecule has 0 heterocycles. The van der Waals surface area contributed by atoms with E-state index in [0.717, 1.165) is 5.56 Å².